The lowest BCUT2D eigenvalue weighted by molar-refractivity contribution is -0.384. The smallest absolute Gasteiger partial charge is 0.271 e. The molecule has 0 saturated carbocycles. The zero-order valence-corrected chi connectivity index (χ0v) is 15.5. The largest absolute Gasteiger partial charge is 0.495 e. The maximum absolute atomic E-state index is 12.5. The molecule has 0 aliphatic carbocycles. The summed E-state index contributed by atoms with van der Waals surface area (Å²) in [5.74, 6) is 0.539. The third kappa shape index (κ3) is 4.30. The van der Waals surface area contributed by atoms with Crippen LogP contribution in [0.15, 0.2) is 30.3 Å². The van der Waals surface area contributed by atoms with Crippen molar-refractivity contribution < 1.29 is 19.2 Å². The molecule has 0 radical (unpaired) electrons. The van der Waals surface area contributed by atoms with Crippen LogP contribution in [-0.4, -0.2) is 24.0 Å². The van der Waals surface area contributed by atoms with Gasteiger partial charge in [0, 0.05) is 12.1 Å². The number of nitro benzene ring substituents is 1. The van der Waals surface area contributed by atoms with Crippen LogP contribution in [0.5, 0.6) is 11.5 Å². The quantitative estimate of drug-likeness (QED) is 0.624. The van der Waals surface area contributed by atoms with Crippen LogP contribution in [0, 0.1) is 30.9 Å². The summed E-state index contributed by atoms with van der Waals surface area (Å²) in [6.45, 7) is 7.49. The molecule has 2 rings (SSSR count). The first kappa shape index (κ1) is 19.2. The van der Waals surface area contributed by atoms with E-state index in [1.54, 1.807) is 6.92 Å². The van der Waals surface area contributed by atoms with Crippen LogP contribution in [-0.2, 0) is 4.79 Å². The maximum atomic E-state index is 12.5. The lowest BCUT2D eigenvalue weighted by Crippen LogP contribution is -2.30. The highest BCUT2D eigenvalue weighted by Gasteiger charge is 2.20. The third-order valence-corrected chi connectivity index (χ3v) is 4.09. The molecule has 0 heterocycles. The number of benzene rings is 2. The summed E-state index contributed by atoms with van der Waals surface area (Å²) in [7, 11) is 1.43. The number of anilines is 1. The summed E-state index contributed by atoms with van der Waals surface area (Å²) in [6.07, 6.45) is -0.793. The lowest BCUT2D eigenvalue weighted by Gasteiger charge is -2.18. The molecule has 2 aromatic rings. The first-order chi connectivity index (χ1) is 12.2. The molecule has 2 aromatic carbocycles. The molecule has 1 N–H and O–H groups in total. The normalized spacial score (nSPS) is 11.6. The fraction of sp³-hybridized carbons (Fsp3) is 0.316. The fourth-order valence-electron chi connectivity index (χ4n) is 2.51. The number of ether oxygens (including phenoxy) is 2. The molecule has 0 aliphatic rings. The first-order valence-corrected chi connectivity index (χ1v) is 8.10. The minimum atomic E-state index is -0.793. The number of aryl methyl sites for hydroxylation is 2. The Labute approximate surface area is 152 Å². The lowest BCUT2D eigenvalue weighted by atomic mass is 10.1. The van der Waals surface area contributed by atoms with Gasteiger partial charge in [-0.25, -0.2) is 0 Å². The van der Waals surface area contributed by atoms with E-state index in [1.165, 1.54) is 25.3 Å². The minimum Gasteiger partial charge on any atom is -0.495 e. The average molecular weight is 358 g/mol. The molecule has 0 bridgehead atoms. The standard InChI is InChI=1S/C19H22N2O5/c1-11-8-12(2)13(3)18(9-11)26-14(4)19(22)20-16-10-15(21(23)24)6-7-17(16)25-5/h6-10,14H,1-5H3,(H,20,22). The first-order valence-electron chi connectivity index (χ1n) is 8.10. The van der Waals surface area contributed by atoms with E-state index in [4.69, 9.17) is 9.47 Å². The van der Waals surface area contributed by atoms with Crippen LogP contribution in [0.3, 0.4) is 0 Å². The highest BCUT2D eigenvalue weighted by molar-refractivity contribution is 5.95. The van der Waals surface area contributed by atoms with Crippen LogP contribution in [0.2, 0.25) is 0 Å². The molecule has 1 unspecified atom stereocenters. The van der Waals surface area contributed by atoms with Crippen molar-refractivity contribution in [3.05, 3.63) is 57.1 Å². The number of rotatable bonds is 6. The van der Waals surface area contributed by atoms with Crippen molar-refractivity contribution in [2.45, 2.75) is 33.8 Å². The summed E-state index contributed by atoms with van der Waals surface area (Å²) in [4.78, 5) is 22.9. The van der Waals surface area contributed by atoms with E-state index < -0.39 is 16.9 Å². The molecule has 1 amide bonds. The topological polar surface area (TPSA) is 90.7 Å². The second kappa shape index (κ2) is 7.86. The summed E-state index contributed by atoms with van der Waals surface area (Å²) >= 11 is 0. The predicted octanol–water partition coefficient (Wildman–Crippen LogP) is 3.93. The Morgan fingerprint density at radius 1 is 1.15 bits per heavy atom. The van der Waals surface area contributed by atoms with Gasteiger partial charge >= 0.3 is 0 Å². The van der Waals surface area contributed by atoms with Crippen LogP contribution >= 0.6 is 0 Å². The van der Waals surface area contributed by atoms with Gasteiger partial charge in [0.1, 0.15) is 11.5 Å². The number of carbonyl (C=O) groups is 1. The van der Waals surface area contributed by atoms with Crippen LogP contribution < -0.4 is 14.8 Å². The van der Waals surface area contributed by atoms with Crippen LogP contribution in [0.4, 0.5) is 11.4 Å². The number of non-ortho nitro benzene ring substituents is 1. The van der Waals surface area contributed by atoms with Gasteiger partial charge in [-0.05, 0) is 56.5 Å². The van der Waals surface area contributed by atoms with Crippen molar-refractivity contribution in [2.75, 3.05) is 12.4 Å². The molecule has 7 nitrogen and oxygen atoms in total. The highest BCUT2D eigenvalue weighted by atomic mass is 16.6. The molecule has 0 spiro atoms. The SMILES string of the molecule is COc1ccc([N+](=O)[O-])cc1NC(=O)C(C)Oc1cc(C)cc(C)c1C. The van der Waals surface area contributed by atoms with Gasteiger partial charge < -0.3 is 14.8 Å². The minimum absolute atomic E-state index is 0.139. The van der Waals surface area contributed by atoms with Gasteiger partial charge in [0.2, 0.25) is 0 Å². The monoisotopic (exact) mass is 358 g/mol. The van der Waals surface area contributed by atoms with E-state index in [2.05, 4.69) is 5.32 Å². The molecule has 7 heteroatoms. The predicted molar refractivity (Wildman–Crippen MR) is 99.0 cm³/mol. The maximum Gasteiger partial charge on any atom is 0.271 e. The summed E-state index contributed by atoms with van der Waals surface area (Å²) in [6, 6.07) is 7.92. The number of nitrogens with one attached hydrogen (secondary N) is 1. The summed E-state index contributed by atoms with van der Waals surface area (Å²) < 4.78 is 11.0. The molecular formula is C19H22N2O5. The van der Waals surface area contributed by atoms with Crippen molar-refractivity contribution >= 4 is 17.3 Å². The van der Waals surface area contributed by atoms with E-state index >= 15 is 0 Å². The van der Waals surface area contributed by atoms with E-state index in [1.807, 2.05) is 32.9 Å². The number of carbonyl (C=O) groups excluding carboxylic acids is 1. The summed E-state index contributed by atoms with van der Waals surface area (Å²) in [5, 5.41) is 13.6. The van der Waals surface area contributed by atoms with Crippen molar-refractivity contribution in [3.63, 3.8) is 0 Å². The second-order valence-corrected chi connectivity index (χ2v) is 6.10. The summed E-state index contributed by atoms with van der Waals surface area (Å²) in [5.41, 5.74) is 3.16. The van der Waals surface area contributed by atoms with Crippen LogP contribution in [0.1, 0.15) is 23.6 Å². The molecule has 0 saturated heterocycles. The Balaban J connectivity index is 2.20. The molecular weight excluding hydrogens is 336 g/mol. The van der Waals surface area contributed by atoms with Gasteiger partial charge in [-0.15, -0.1) is 0 Å². The number of amides is 1. The second-order valence-electron chi connectivity index (χ2n) is 6.10. The van der Waals surface area contributed by atoms with Crippen LogP contribution in [0.25, 0.3) is 0 Å². The van der Waals surface area contributed by atoms with E-state index in [9.17, 15) is 14.9 Å². The van der Waals surface area contributed by atoms with E-state index in [-0.39, 0.29) is 11.4 Å². The Kier molecular flexibility index (Phi) is 5.82. The number of nitrogens with zero attached hydrogens (tertiary/aromatic N) is 1. The highest BCUT2D eigenvalue weighted by Crippen LogP contribution is 2.29. The molecule has 138 valence electrons. The number of methoxy groups -OCH3 is 1. The van der Waals surface area contributed by atoms with Crippen molar-refractivity contribution in [3.8, 4) is 11.5 Å². The Morgan fingerprint density at radius 2 is 1.85 bits per heavy atom. The molecule has 26 heavy (non-hydrogen) atoms. The van der Waals surface area contributed by atoms with Crippen molar-refractivity contribution in [1.82, 2.24) is 0 Å². The molecule has 1 atom stereocenters. The van der Waals surface area contributed by atoms with Gasteiger partial charge in [-0.3, -0.25) is 14.9 Å². The molecule has 0 fully saturated rings. The number of nitro groups is 1. The average Bonchev–Trinajstić information content (AvgIpc) is 2.58. The number of hydrogen-bond donors (Lipinski definition) is 1. The Bertz CT molecular complexity index is 848. The van der Waals surface area contributed by atoms with Gasteiger partial charge in [0.15, 0.2) is 6.10 Å². The van der Waals surface area contributed by atoms with Gasteiger partial charge in [0.05, 0.1) is 17.7 Å². The zero-order chi connectivity index (χ0) is 19.4. The fourth-order valence-corrected chi connectivity index (χ4v) is 2.51. The number of hydrogen-bond acceptors (Lipinski definition) is 5. The van der Waals surface area contributed by atoms with Crippen molar-refractivity contribution in [1.29, 1.82) is 0 Å². The molecule has 0 aromatic heterocycles. The van der Waals surface area contributed by atoms with Crippen molar-refractivity contribution in [2.24, 2.45) is 0 Å². The van der Waals surface area contributed by atoms with Gasteiger partial charge in [0.25, 0.3) is 11.6 Å². The Hall–Kier alpha value is -3.09. The Morgan fingerprint density at radius 3 is 2.46 bits per heavy atom. The van der Waals surface area contributed by atoms with E-state index in [0.29, 0.717) is 11.5 Å². The molecule has 0 aliphatic heterocycles. The van der Waals surface area contributed by atoms with Gasteiger partial charge in [-0.1, -0.05) is 6.07 Å². The third-order valence-electron chi connectivity index (χ3n) is 4.09. The van der Waals surface area contributed by atoms with Gasteiger partial charge in [-0.2, -0.15) is 0 Å². The van der Waals surface area contributed by atoms with E-state index in [0.717, 1.165) is 16.7 Å². The zero-order valence-electron chi connectivity index (χ0n) is 15.5.